The molecule has 2 saturated heterocycles. The zero-order valence-electron chi connectivity index (χ0n) is 32.8. The highest BCUT2D eigenvalue weighted by molar-refractivity contribution is 7.99. The van der Waals surface area contributed by atoms with E-state index in [2.05, 4.69) is 15.2 Å². The van der Waals surface area contributed by atoms with Crippen LogP contribution < -0.4 is 23.7 Å². The summed E-state index contributed by atoms with van der Waals surface area (Å²) in [7, 11) is 5.05. The third-order valence-corrected chi connectivity index (χ3v) is 14.7. The number of aromatic hydroxyl groups is 1. The monoisotopic (exact) mass is 813 g/mol. The zero-order valence-corrected chi connectivity index (χ0v) is 33.6. The molecular formula is C41H43N5O11S. The second-order valence-electron chi connectivity index (χ2n) is 15.9. The number of nitrogens with zero attached hydrogens (tertiary/aromatic N) is 4. The number of phenolic OH excluding ortho intramolecular Hbond substituents is 1. The molecule has 0 amide bonds. The molecule has 4 aromatic rings. The van der Waals surface area contributed by atoms with Crippen molar-refractivity contribution in [1.29, 1.82) is 0 Å². The Morgan fingerprint density at radius 2 is 1.86 bits per heavy atom. The van der Waals surface area contributed by atoms with Crippen LogP contribution in [0.25, 0.3) is 10.9 Å². The molecule has 4 bridgehead atoms. The Balaban J connectivity index is 1.25. The van der Waals surface area contributed by atoms with Crippen molar-refractivity contribution in [1.82, 2.24) is 19.8 Å². The highest BCUT2D eigenvalue weighted by Crippen LogP contribution is 2.64. The number of ether oxygens (including phenoxy) is 6. The van der Waals surface area contributed by atoms with Gasteiger partial charge < -0.3 is 43.6 Å². The first-order valence-corrected chi connectivity index (χ1v) is 20.3. The summed E-state index contributed by atoms with van der Waals surface area (Å²) in [6.45, 7) is 4.78. The minimum absolute atomic E-state index is 0.00839. The van der Waals surface area contributed by atoms with Crippen LogP contribution in [-0.4, -0.2) is 107 Å². The van der Waals surface area contributed by atoms with E-state index in [4.69, 9.17) is 28.4 Å². The number of aromatic nitrogens is 1. The molecule has 0 aliphatic carbocycles. The number of fused-ring (bicyclic) bond motifs is 11. The van der Waals surface area contributed by atoms with E-state index >= 15 is 4.79 Å². The summed E-state index contributed by atoms with van der Waals surface area (Å²) >= 11 is 1.37. The van der Waals surface area contributed by atoms with Gasteiger partial charge in [-0.1, -0.05) is 6.07 Å². The lowest BCUT2D eigenvalue weighted by molar-refractivity contribution is -0.188. The zero-order chi connectivity index (χ0) is 40.5. The van der Waals surface area contributed by atoms with Gasteiger partial charge in [-0.25, -0.2) is 9.80 Å². The Hall–Kier alpha value is -5.23. The van der Waals surface area contributed by atoms with Crippen molar-refractivity contribution < 1.29 is 48.2 Å². The van der Waals surface area contributed by atoms with E-state index in [0.717, 1.165) is 27.6 Å². The lowest BCUT2D eigenvalue weighted by Gasteiger charge is -2.62. The van der Waals surface area contributed by atoms with Crippen LogP contribution in [0.5, 0.6) is 34.5 Å². The van der Waals surface area contributed by atoms with Crippen LogP contribution in [0.1, 0.15) is 68.9 Å². The number of likely N-dealkylation sites (N-methyl/N-ethyl adjacent to an activating group) is 1. The number of carbonyl (C=O) groups is 2. The van der Waals surface area contributed by atoms with Crippen LogP contribution in [0.2, 0.25) is 0 Å². The molecule has 11 rings (SSSR count). The number of H-pyrrole nitrogens is 1. The lowest BCUT2D eigenvalue weighted by atomic mass is 9.73. The number of nitrogens with one attached hydrogen (secondary N) is 1. The maximum absolute atomic E-state index is 15.0. The van der Waals surface area contributed by atoms with Gasteiger partial charge in [0.2, 0.25) is 12.3 Å². The van der Waals surface area contributed by atoms with Crippen molar-refractivity contribution in [2.24, 2.45) is 5.29 Å². The number of rotatable bonds is 4. The maximum atomic E-state index is 15.0. The summed E-state index contributed by atoms with van der Waals surface area (Å²) in [5.74, 6) is 0.821. The smallest absolute Gasteiger partial charge is 0.340 e. The van der Waals surface area contributed by atoms with Crippen LogP contribution in [0.3, 0.4) is 0 Å². The fourth-order valence-corrected chi connectivity index (χ4v) is 12.5. The number of esters is 2. The molecule has 16 nitrogen and oxygen atoms in total. The van der Waals surface area contributed by atoms with Gasteiger partial charge in [-0.05, 0) is 68.6 Å². The average molecular weight is 814 g/mol. The fourth-order valence-electron chi connectivity index (χ4n) is 10.8. The molecule has 1 spiro atoms. The van der Waals surface area contributed by atoms with E-state index in [1.165, 1.54) is 30.8 Å². The summed E-state index contributed by atoms with van der Waals surface area (Å²) in [4.78, 5) is 48.5. The first-order valence-electron chi connectivity index (χ1n) is 19.2. The number of methoxy groups -OCH3 is 2. The van der Waals surface area contributed by atoms with Crippen molar-refractivity contribution in [3.05, 3.63) is 73.8 Å². The topological polar surface area (TPSA) is 185 Å². The molecule has 3 N–H and O–H groups in total. The summed E-state index contributed by atoms with van der Waals surface area (Å²) in [5, 5.41) is 29.6. The molecule has 0 saturated carbocycles. The van der Waals surface area contributed by atoms with Gasteiger partial charge in [0.25, 0.3) is 0 Å². The summed E-state index contributed by atoms with van der Waals surface area (Å²) in [6.07, 6.45) is -0.244. The molecule has 7 atom stereocenters. The molecule has 7 aliphatic heterocycles. The van der Waals surface area contributed by atoms with E-state index in [1.807, 2.05) is 43.1 Å². The number of benzene rings is 3. The van der Waals surface area contributed by atoms with E-state index in [1.54, 1.807) is 14.0 Å². The van der Waals surface area contributed by atoms with E-state index in [0.29, 0.717) is 63.8 Å². The van der Waals surface area contributed by atoms with E-state index in [9.17, 15) is 19.9 Å². The Bertz CT molecular complexity index is 2460. The van der Waals surface area contributed by atoms with Gasteiger partial charge in [0.05, 0.1) is 48.6 Å². The summed E-state index contributed by atoms with van der Waals surface area (Å²) in [5.41, 5.74) is 4.44. The number of hydrogen-bond acceptors (Lipinski definition) is 15. The number of phenols is 1. The number of piperazine rings is 1. The van der Waals surface area contributed by atoms with E-state index in [-0.39, 0.29) is 37.2 Å². The molecule has 8 heterocycles. The second-order valence-corrected chi connectivity index (χ2v) is 17.0. The summed E-state index contributed by atoms with van der Waals surface area (Å²) < 4.78 is 36.1. The van der Waals surface area contributed by atoms with Crippen molar-refractivity contribution in [2.45, 2.75) is 74.8 Å². The Morgan fingerprint density at radius 3 is 2.60 bits per heavy atom. The standard InChI is InChI=1S/C41H43N5O11S/c1-17-11-20-12-25-39(49)46-26-14-54-40(50)41(38-22(9-10-45(41)43-51)23-13-21(52-5)7-8-24(23)42-38)15-58-37(31(46)30(44(25)4)27(20)32(48)33(17)53-6)29-28(26)36-35(55-16-56-36)18(2)34(29)57-19(3)47/h7-8,11,13,25-26,30-31,37,39,42,48-49H,9-10,12,14-16H2,1-6H3/t25-,26-,30+,31+,37+,39-,41+/m0/s1. The summed E-state index contributed by atoms with van der Waals surface area (Å²) in [6, 6.07) is 5.13. The molecule has 7 aliphatic rings. The largest absolute Gasteiger partial charge is 0.504 e. The van der Waals surface area contributed by atoms with Gasteiger partial charge in [-0.15, -0.1) is 16.7 Å². The highest BCUT2D eigenvalue weighted by Gasteiger charge is 2.62. The van der Waals surface area contributed by atoms with Gasteiger partial charge in [0.1, 0.15) is 24.3 Å². The molecule has 2 fully saturated rings. The Kier molecular flexibility index (Phi) is 8.40. The van der Waals surface area contributed by atoms with Crippen LogP contribution in [-0.2, 0) is 32.7 Å². The second kappa shape index (κ2) is 13.1. The van der Waals surface area contributed by atoms with Crippen LogP contribution in [0, 0.1) is 18.8 Å². The first kappa shape index (κ1) is 37.1. The number of hydrogen-bond donors (Lipinski definition) is 3. The van der Waals surface area contributed by atoms with Gasteiger partial charge in [0.15, 0.2) is 23.0 Å². The molecule has 1 aromatic heterocycles. The molecular weight excluding hydrogens is 771 g/mol. The van der Waals surface area contributed by atoms with Crippen LogP contribution in [0.4, 0.5) is 0 Å². The Morgan fingerprint density at radius 1 is 1.07 bits per heavy atom. The minimum Gasteiger partial charge on any atom is -0.504 e. The van der Waals surface area contributed by atoms with Crippen LogP contribution in [0.15, 0.2) is 29.6 Å². The van der Waals surface area contributed by atoms with Crippen molar-refractivity contribution in [3.8, 4) is 34.5 Å². The van der Waals surface area contributed by atoms with E-state index < -0.39 is 53.1 Å². The lowest BCUT2D eigenvalue weighted by Crippen LogP contribution is -2.70. The van der Waals surface area contributed by atoms with Crippen molar-refractivity contribution in [3.63, 3.8) is 0 Å². The first-order chi connectivity index (χ1) is 27.9. The third kappa shape index (κ3) is 4.81. The number of carbonyl (C=O) groups excluding carboxylic acids is 2. The predicted molar refractivity (Wildman–Crippen MR) is 209 cm³/mol. The van der Waals surface area contributed by atoms with Crippen molar-refractivity contribution >= 4 is 34.6 Å². The van der Waals surface area contributed by atoms with Gasteiger partial charge in [0, 0.05) is 58.4 Å². The number of thioether (sulfide) groups is 1. The number of aliphatic hydroxyl groups is 1. The predicted octanol–water partition coefficient (Wildman–Crippen LogP) is 4.58. The number of aromatic amines is 1. The molecule has 17 heteroatoms. The molecule has 304 valence electrons. The molecule has 3 aromatic carbocycles. The van der Waals surface area contributed by atoms with Crippen molar-refractivity contribution in [2.75, 3.05) is 47.0 Å². The highest BCUT2D eigenvalue weighted by atomic mass is 32.2. The minimum atomic E-state index is -1.71. The maximum Gasteiger partial charge on any atom is 0.340 e. The van der Waals surface area contributed by atoms with Gasteiger partial charge >= 0.3 is 11.9 Å². The normalized spacial score (nSPS) is 28.3. The fraction of sp³-hybridized carbons (Fsp3) is 0.463. The quantitative estimate of drug-likeness (QED) is 0.148. The van der Waals surface area contributed by atoms with Gasteiger partial charge in [-0.2, -0.15) is 0 Å². The average Bonchev–Trinajstić information content (AvgIpc) is 3.85. The molecule has 0 radical (unpaired) electrons. The number of aryl methyl sites for hydroxylation is 1. The number of nitroso groups, excluding NO2 is 1. The molecule has 0 unspecified atom stereocenters. The van der Waals surface area contributed by atoms with Crippen LogP contribution >= 0.6 is 11.8 Å². The molecule has 58 heavy (non-hydrogen) atoms. The third-order valence-electron chi connectivity index (χ3n) is 13.2. The SMILES string of the molecule is COc1ccc2[nH]c3c(c2c1)CCN(N=O)[C@]31CS[C@@H]2c3c(OC(C)=O)c(C)c4c(c3[C@H](COC1=O)N1[C@@H]2[C@H]2c3c(cc(C)c(OC)c3O)C[C@@H]([C@@H]1O)N2C)OCO4. The van der Waals surface area contributed by atoms with Gasteiger partial charge in [-0.3, -0.25) is 14.6 Å². The Labute approximate surface area is 337 Å². The number of aliphatic hydroxyl groups excluding tert-OH is 1.